The van der Waals surface area contributed by atoms with Crippen molar-refractivity contribution in [3.63, 3.8) is 0 Å². The summed E-state index contributed by atoms with van der Waals surface area (Å²) in [5.74, 6) is -1.25. The van der Waals surface area contributed by atoms with Gasteiger partial charge in [0.1, 0.15) is 0 Å². The maximum atomic E-state index is 14.8. The fourth-order valence-corrected chi connectivity index (χ4v) is 9.39. The van der Waals surface area contributed by atoms with Gasteiger partial charge in [-0.1, -0.05) is 23.4 Å². The van der Waals surface area contributed by atoms with Crippen LogP contribution in [0.5, 0.6) is 0 Å². The van der Waals surface area contributed by atoms with E-state index in [0.717, 1.165) is 6.42 Å². The van der Waals surface area contributed by atoms with E-state index >= 15 is 0 Å². The van der Waals surface area contributed by atoms with Crippen LogP contribution in [0.15, 0.2) is 0 Å². The molecule has 0 spiro atoms. The van der Waals surface area contributed by atoms with Gasteiger partial charge in [0.05, 0.1) is 11.5 Å². The predicted molar refractivity (Wildman–Crippen MR) is 115 cm³/mol. The van der Waals surface area contributed by atoms with E-state index in [9.17, 15) is 43.6 Å². The first-order valence-electron chi connectivity index (χ1n) is 12.1. The fraction of sp³-hybridized carbons (Fsp3) is 0.952. The molecule has 0 aliphatic heterocycles. The molecule has 5 aliphatic carbocycles. The SMILES string of the molecule is CC1(C(=O)OC(C(F)(F)F)C(F)(F)S(=O)(=O)NS(=O)(=O)OC2C3CC4CC(C3)CC2C4)CCCCC1. The Morgan fingerprint density at radius 3 is 1.86 bits per heavy atom. The van der Waals surface area contributed by atoms with Gasteiger partial charge < -0.3 is 4.74 Å². The first kappa shape index (κ1) is 28.0. The molecule has 5 fully saturated rings. The van der Waals surface area contributed by atoms with Crippen LogP contribution in [0.1, 0.15) is 71.1 Å². The van der Waals surface area contributed by atoms with Crippen LogP contribution in [0.4, 0.5) is 22.0 Å². The molecule has 4 bridgehead atoms. The van der Waals surface area contributed by atoms with Crippen LogP contribution in [0, 0.1) is 29.1 Å². The van der Waals surface area contributed by atoms with Crippen LogP contribution in [-0.2, 0) is 34.0 Å². The molecule has 5 saturated carbocycles. The Kier molecular flexibility index (Phi) is 7.22. The minimum Gasteiger partial charge on any atom is -0.444 e. The minimum atomic E-state index is -6.57. The lowest BCUT2D eigenvalue weighted by Crippen LogP contribution is -2.58. The van der Waals surface area contributed by atoms with E-state index in [4.69, 9.17) is 4.18 Å². The highest BCUT2D eigenvalue weighted by Crippen LogP contribution is 2.55. The third-order valence-electron chi connectivity index (χ3n) is 8.23. The van der Waals surface area contributed by atoms with Gasteiger partial charge in [0.2, 0.25) is 0 Å². The highest BCUT2D eigenvalue weighted by atomic mass is 32.3. The molecule has 0 heterocycles. The van der Waals surface area contributed by atoms with Crippen LogP contribution < -0.4 is 4.13 Å². The Labute approximate surface area is 207 Å². The average molecular weight is 568 g/mol. The molecular formula is C21H30F5NO7S2. The van der Waals surface area contributed by atoms with Crippen molar-refractivity contribution in [3.8, 4) is 0 Å². The van der Waals surface area contributed by atoms with E-state index in [1.54, 1.807) is 0 Å². The molecule has 0 radical (unpaired) electrons. The molecule has 5 aliphatic rings. The topological polar surface area (TPSA) is 116 Å². The fourth-order valence-electron chi connectivity index (χ4n) is 6.64. The quantitative estimate of drug-likeness (QED) is 0.348. The highest BCUT2D eigenvalue weighted by Gasteiger charge is 2.67. The lowest BCUT2D eigenvalue weighted by Gasteiger charge is -2.53. The standard InChI is InChI=1S/C21H30F5NO7S2/c1-19(5-3-2-4-6-19)18(28)33-17(20(22,23)24)21(25,26)35(29,30)27-36(31,32)34-16-14-8-12-7-13(10-14)11-15(16)9-12/h12-17,27H,2-11H2,1H3. The lowest BCUT2D eigenvalue weighted by atomic mass is 9.55. The molecule has 0 aromatic heterocycles. The molecule has 0 saturated heterocycles. The summed E-state index contributed by atoms with van der Waals surface area (Å²) in [5, 5.41) is -5.85. The zero-order valence-electron chi connectivity index (χ0n) is 19.6. The molecule has 1 unspecified atom stereocenters. The number of ether oxygens (including phenoxy) is 1. The number of rotatable bonds is 8. The van der Waals surface area contributed by atoms with Gasteiger partial charge in [-0.2, -0.15) is 30.4 Å². The lowest BCUT2D eigenvalue weighted by molar-refractivity contribution is -0.262. The zero-order valence-corrected chi connectivity index (χ0v) is 21.2. The van der Waals surface area contributed by atoms with Crippen LogP contribution in [0.3, 0.4) is 0 Å². The van der Waals surface area contributed by atoms with Crippen LogP contribution in [-0.4, -0.2) is 46.4 Å². The number of alkyl halides is 5. The molecule has 0 amide bonds. The number of sulfonamides is 1. The third-order valence-corrected chi connectivity index (χ3v) is 11.3. The number of nitrogens with one attached hydrogen (secondary N) is 1. The first-order valence-corrected chi connectivity index (χ1v) is 14.9. The van der Waals surface area contributed by atoms with Crippen molar-refractivity contribution in [2.24, 2.45) is 29.1 Å². The second-order valence-corrected chi connectivity index (χ2v) is 14.4. The van der Waals surface area contributed by atoms with E-state index in [1.165, 1.54) is 6.92 Å². The van der Waals surface area contributed by atoms with Gasteiger partial charge in [-0.15, -0.1) is 0 Å². The average Bonchev–Trinajstić information content (AvgIpc) is 2.72. The second kappa shape index (κ2) is 9.30. The molecule has 36 heavy (non-hydrogen) atoms. The Bertz CT molecular complexity index is 1040. The number of carbonyl (C=O) groups is 1. The predicted octanol–water partition coefficient (Wildman–Crippen LogP) is 4.03. The van der Waals surface area contributed by atoms with Crippen LogP contribution >= 0.6 is 0 Å². The highest BCUT2D eigenvalue weighted by molar-refractivity contribution is 8.03. The summed E-state index contributed by atoms with van der Waals surface area (Å²) in [4.78, 5) is 12.4. The van der Waals surface area contributed by atoms with Gasteiger partial charge >= 0.3 is 27.7 Å². The van der Waals surface area contributed by atoms with Gasteiger partial charge in [0.25, 0.3) is 16.1 Å². The maximum Gasteiger partial charge on any atom is 0.432 e. The Hall–Kier alpha value is -1.06. The summed E-state index contributed by atoms with van der Waals surface area (Å²) in [6, 6.07) is 0. The molecule has 208 valence electrons. The van der Waals surface area contributed by atoms with Crippen LogP contribution in [0.2, 0.25) is 0 Å². The Morgan fingerprint density at radius 2 is 1.39 bits per heavy atom. The number of halogens is 5. The van der Waals surface area contributed by atoms with Gasteiger partial charge in [-0.05, 0) is 75.5 Å². The van der Waals surface area contributed by atoms with Crippen molar-refractivity contribution >= 4 is 26.3 Å². The number of hydrogen-bond donors (Lipinski definition) is 1. The number of esters is 1. The second-order valence-electron chi connectivity index (χ2n) is 11.0. The number of carbonyl (C=O) groups excluding carboxylic acids is 1. The smallest absolute Gasteiger partial charge is 0.432 e. The molecule has 5 rings (SSSR count). The molecule has 1 N–H and O–H groups in total. The normalized spacial score (nSPS) is 33.3. The molecule has 0 aromatic carbocycles. The summed E-state index contributed by atoms with van der Waals surface area (Å²) in [7, 11) is -12.0. The number of hydrogen-bond acceptors (Lipinski definition) is 7. The monoisotopic (exact) mass is 567 g/mol. The summed E-state index contributed by atoms with van der Waals surface area (Å²) < 4.78 is 130. The van der Waals surface area contributed by atoms with Gasteiger partial charge in [-0.25, -0.2) is 8.42 Å². The molecule has 1 atom stereocenters. The van der Waals surface area contributed by atoms with Gasteiger partial charge in [0, 0.05) is 0 Å². The van der Waals surface area contributed by atoms with E-state index < -0.39 is 55.4 Å². The molecule has 15 heteroatoms. The van der Waals surface area contributed by atoms with Crippen LogP contribution in [0.25, 0.3) is 0 Å². The third kappa shape index (κ3) is 5.39. The molecule has 0 aromatic rings. The summed E-state index contributed by atoms with van der Waals surface area (Å²) in [5.41, 5.74) is -1.50. The zero-order chi connectivity index (χ0) is 26.7. The maximum absolute atomic E-state index is 14.8. The summed E-state index contributed by atoms with van der Waals surface area (Å²) in [6.07, 6.45) is -5.95. The van der Waals surface area contributed by atoms with Gasteiger partial charge in [-0.3, -0.25) is 8.98 Å². The summed E-state index contributed by atoms with van der Waals surface area (Å²) >= 11 is 0. The molecule has 8 nitrogen and oxygen atoms in total. The van der Waals surface area contributed by atoms with Crippen molar-refractivity contribution in [1.29, 1.82) is 0 Å². The molecular weight excluding hydrogens is 537 g/mol. The van der Waals surface area contributed by atoms with E-state index in [2.05, 4.69) is 4.74 Å². The van der Waals surface area contributed by atoms with Crippen molar-refractivity contribution < 1.29 is 52.5 Å². The van der Waals surface area contributed by atoms with Crippen molar-refractivity contribution in [2.75, 3.05) is 0 Å². The minimum absolute atomic E-state index is 0.0840. The first-order chi connectivity index (χ1) is 16.4. The van der Waals surface area contributed by atoms with Crippen molar-refractivity contribution in [2.45, 2.75) is 94.8 Å². The Balaban J connectivity index is 1.51. The largest absolute Gasteiger partial charge is 0.444 e. The van der Waals surface area contributed by atoms with E-state index in [1.807, 2.05) is 0 Å². The van der Waals surface area contributed by atoms with E-state index in [0.29, 0.717) is 60.9 Å². The summed E-state index contributed by atoms with van der Waals surface area (Å²) in [6.45, 7) is 1.26. The van der Waals surface area contributed by atoms with Crippen molar-refractivity contribution in [1.82, 2.24) is 4.13 Å². The van der Waals surface area contributed by atoms with E-state index in [-0.39, 0.29) is 24.7 Å². The Morgan fingerprint density at radius 1 is 0.889 bits per heavy atom. The van der Waals surface area contributed by atoms with Gasteiger partial charge in [0.15, 0.2) is 0 Å². The van der Waals surface area contributed by atoms with Crippen molar-refractivity contribution in [3.05, 3.63) is 0 Å².